The Bertz CT molecular complexity index is 712. The second-order valence-electron chi connectivity index (χ2n) is 4.82. The molecule has 4 nitrogen and oxygen atoms in total. The number of anilines is 1. The van der Waals surface area contributed by atoms with Gasteiger partial charge in [-0.25, -0.2) is 4.98 Å². The molecule has 2 heterocycles. The monoisotopic (exact) mass is 298 g/mol. The van der Waals surface area contributed by atoms with E-state index in [1.165, 1.54) is 5.69 Å². The Morgan fingerprint density at radius 2 is 2.00 bits per heavy atom. The summed E-state index contributed by atoms with van der Waals surface area (Å²) in [5.41, 5.74) is 4.50. The molecule has 1 N–H and O–H groups in total. The van der Waals surface area contributed by atoms with Gasteiger partial charge in [-0.2, -0.15) is 5.10 Å². The standard InChI is InChI=1S/C16H18N4S/c1-3-20-15(8-9-18-20)10-17-14-6-4-13(5-7-14)16-11-21-12(2)19-16/h4-9,11,17H,3,10H2,1-2H3. The first-order valence-corrected chi connectivity index (χ1v) is 7.91. The lowest BCUT2D eigenvalue weighted by molar-refractivity contribution is 0.627. The average molecular weight is 298 g/mol. The van der Waals surface area contributed by atoms with Crippen molar-refractivity contribution in [1.29, 1.82) is 0 Å². The molecule has 0 saturated heterocycles. The third-order valence-corrected chi connectivity index (χ3v) is 4.15. The molecular weight excluding hydrogens is 280 g/mol. The zero-order valence-corrected chi connectivity index (χ0v) is 13.0. The van der Waals surface area contributed by atoms with Gasteiger partial charge in [-0.15, -0.1) is 11.3 Å². The van der Waals surface area contributed by atoms with Crippen LogP contribution in [0.25, 0.3) is 11.3 Å². The summed E-state index contributed by atoms with van der Waals surface area (Å²) in [6, 6.07) is 10.4. The van der Waals surface area contributed by atoms with E-state index in [2.05, 4.69) is 52.0 Å². The fourth-order valence-electron chi connectivity index (χ4n) is 2.24. The van der Waals surface area contributed by atoms with Crippen molar-refractivity contribution >= 4 is 17.0 Å². The summed E-state index contributed by atoms with van der Waals surface area (Å²) < 4.78 is 2.00. The fourth-order valence-corrected chi connectivity index (χ4v) is 2.86. The van der Waals surface area contributed by atoms with Crippen molar-refractivity contribution in [1.82, 2.24) is 14.8 Å². The molecule has 0 saturated carbocycles. The molecule has 0 unspecified atom stereocenters. The molecular formula is C16H18N4S. The molecule has 3 rings (SSSR count). The first-order valence-electron chi connectivity index (χ1n) is 7.03. The van der Waals surface area contributed by atoms with E-state index in [-0.39, 0.29) is 0 Å². The number of hydrogen-bond donors (Lipinski definition) is 1. The number of aryl methyl sites for hydroxylation is 2. The summed E-state index contributed by atoms with van der Waals surface area (Å²) >= 11 is 1.68. The van der Waals surface area contributed by atoms with Gasteiger partial charge in [0, 0.05) is 29.4 Å². The number of nitrogens with zero attached hydrogens (tertiary/aromatic N) is 3. The number of rotatable bonds is 5. The van der Waals surface area contributed by atoms with E-state index in [9.17, 15) is 0 Å². The van der Waals surface area contributed by atoms with Gasteiger partial charge in [-0.05, 0) is 32.0 Å². The van der Waals surface area contributed by atoms with Gasteiger partial charge in [-0.1, -0.05) is 12.1 Å². The second kappa shape index (κ2) is 6.10. The predicted octanol–water partition coefficient (Wildman–Crippen LogP) is 3.95. The van der Waals surface area contributed by atoms with Crippen molar-refractivity contribution in [2.75, 3.05) is 5.32 Å². The highest BCUT2D eigenvalue weighted by atomic mass is 32.1. The zero-order valence-electron chi connectivity index (χ0n) is 12.2. The van der Waals surface area contributed by atoms with Crippen LogP contribution in [0.3, 0.4) is 0 Å². The molecule has 0 aliphatic heterocycles. The van der Waals surface area contributed by atoms with Crippen molar-refractivity contribution in [2.45, 2.75) is 26.9 Å². The van der Waals surface area contributed by atoms with Gasteiger partial charge in [-0.3, -0.25) is 4.68 Å². The highest BCUT2D eigenvalue weighted by molar-refractivity contribution is 7.09. The summed E-state index contributed by atoms with van der Waals surface area (Å²) in [4.78, 5) is 4.51. The van der Waals surface area contributed by atoms with E-state index in [0.29, 0.717) is 0 Å². The molecule has 21 heavy (non-hydrogen) atoms. The minimum absolute atomic E-state index is 0.781. The Hall–Kier alpha value is -2.14. The van der Waals surface area contributed by atoms with E-state index in [0.717, 1.165) is 35.0 Å². The third kappa shape index (κ3) is 3.13. The maximum absolute atomic E-state index is 4.51. The van der Waals surface area contributed by atoms with Gasteiger partial charge in [0.25, 0.3) is 0 Å². The molecule has 0 spiro atoms. The smallest absolute Gasteiger partial charge is 0.0901 e. The van der Waals surface area contributed by atoms with Crippen LogP contribution >= 0.6 is 11.3 Å². The van der Waals surface area contributed by atoms with Crippen molar-refractivity contribution < 1.29 is 0 Å². The molecule has 0 atom stereocenters. The molecule has 0 amide bonds. The predicted molar refractivity (Wildman–Crippen MR) is 87.5 cm³/mol. The van der Waals surface area contributed by atoms with Gasteiger partial charge in [0.2, 0.25) is 0 Å². The van der Waals surface area contributed by atoms with Crippen LogP contribution in [0.5, 0.6) is 0 Å². The molecule has 2 aromatic heterocycles. The van der Waals surface area contributed by atoms with Crippen molar-refractivity contribution in [3.63, 3.8) is 0 Å². The lowest BCUT2D eigenvalue weighted by Crippen LogP contribution is -2.07. The number of thiazole rings is 1. The van der Waals surface area contributed by atoms with Crippen LogP contribution in [0.1, 0.15) is 17.6 Å². The summed E-state index contributed by atoms with van der Waals surface area (Å²) in [6.07, 6.45) is 1.84. The molecule has 0 radical (unpaired) electrons. The van der Waals surface area contributed by atoms with Crippen molar-refractivity contribution in [3.8, 4) is 11.3 Å². The van der Waals surface area contributed by atoms with Gasteiger partial charge in [0.1, 0.15) is 0 Å². The first kappa shape index (κ1) is 13.8. The maximum Gasteiger partial charge on any atom is 0.0901 e. The van der Waals surface area contributed by atoms with Gasteiger partial charge >= 0.3 is 0 Å². The van der Waals surface area contributed by atoms with Crippen LogP contribution in [-0.4, -0.2) is 14.8 Å². The second-order valence-corrected chi connectivity index (χ2v) is 5.88. The molecule has 0 fully saturated rings. The van der Waals surface area contributed by atoms with Gasteiger partial charge in [0.05, 0.1) is 22.9 Å². The van der Waals surface area contributed by atoms with Gasteiger partial charge < -0.3 is 5.32 Å². The normalized spacial score (nSPS) is 10.8. The minimum atomic E-state index is 0.781. The van der Waals surface area contributed by atoms with Crippen LogP contribution < -0.4 is 5.32 Å². The molecule has 0 aliphatic rings. The molecule has 0 aliphatic carbocycles. The lowest BCUT2D eigenvalue weighted by Gasteiger charge is -2.08. The molecule has 108 valence electrons. The lowest BCUT2D eigenvalue weighted by atomic mass is 10.1. The fraction of sp³-hybridized carbons (Fsp3) is 0.250. The molecule has 3 aromatic rings. The Labute approximate surface area is 128 Å². The Kier molecular flexibility index (Phi) is 4.01. The Morgan fingerprint density at radius 1 is 1.19 bits per heavy atom. The van der Waals surface area contributed by atoms with Crippen LogP contribution in [0.2, 0.25) is 0 Å². The van der Waals surface area contributed by atoms with E-state index >= 15 is 0 Å². The Morgan fingerprint density at radius 3 is 2.67 bits per heavy atom. The van der Waals surface area contributed by atoms with Crippen molar-refractivity contribution in [3.05, 3.63) is 52.6 Å². The SMILES string of the molecule is CCn1nccc1CNc1ccc(-c2csc(C)n2)cc1. The number of hydrogen-bond acceptors (Lipinski definition) is 4. The number of benzene rings is 1. The highest BCUT2D eigenvalue weighted by Gasteiger charge is 2.03. The van der Waals surface area contributed by atoms with Crippen LogP contribution in [0.15, 0.2) is 41.9 Å². The van der Waals surface area contributed by atoms with Crippen LogP contribution in [0.4, 0.5) is 5.69 Å². The van der Waals surface area contributed by atoms with Gasteiger partial charge in [0.15, 0.2) is 0 Å². The minimum Gasteiger partial charge on any atom is -0.379 e. The molecule has 0 bridgehead atoms. The van der Waals surface area contributed by atoms with E-state index in [1.54, 1.807) is 11.3 Å². The maximum atomic E-state index is 4.51. The summed E-state index contributed by atoms with van der Waals surface area (Å²) in [5, 5.41) is 10.9. The zero-order chi connectivity index (χ0) is 14.7. The summed E-state index contributed by atoms with van der Waals surface area (Å²) in [6.45, 7) is 5.80. The quantitative estimate of drug-likeness (QED) is 0.775. The van der Waals surface area contributed by atoms with Crippen LogP contribution in [0, 0.1) is 6.92 Å². The summed E-state index contributed by atoms with van der Waals surface area (Å²) in [7, 11) is 0. The molecule has 5 heteroatoms. The molecule has 1 aromatic carbocycles. The van der Waals surface area contributed by atoms with E-state index in [1.807, 2.05) is 23.9 Å². The Balaban J connectivity index is 1.67. The highest BCUT2D eigenvalue weighted by Crippen LogP contribution is 2.23. The van der Waals surface area contributed by atoms with Crippen molar-refractivity contribution in [2.24, 2.45) is 0 Å². The average Bonchev–Trinajstić information content (AvgIpc) is 3.14. The summed E-state index contributed by atoms with van der Waals surface area (Å²) in [5.74, 6) is 0. The number of nitrogens with one attached hydrogen (secondary N) is 1. The van der Waals surface area contributed by atoms with Crippen LogP contribution in [-0.2, 0) is 13.1 Å². The topological polar surface area (TPSA) is 42.7 Å². The third-order valence-electron chi connectivity index (χ3n) is 3.38. The first-order chi connectivity index (χ1) is 10.3. The van der Waals surface area contributed by atoms with E-state index < -0.39 is 0 Å². The van der Waals surface area contributed by atoms with E-state index in [4.69, 9.17) is 0 Å². The number of aromatic nitrogens is 3. The largest absolute Gasteiger partial charge is 0.379 e.